The summed E-state index contributed by atoms with van der Waals surface area (Å²) in [5, 5.41) is 5.83. The predicted octanol–water partition coefficient (Wildman–Crippen LogP) is 7.10. The van der Waals surface area contributed by atoms with Crippen LogP contribution in [0.3, 0.4) is 0 Å². The number of aromatic nitrogens is 1. The number of thiazole rings is 1. The van der Waals surface area contributed by atoms with Crippen LogP contribution < -0.4 is 5.32 Å². The molecule has 7 heteroatoms. The third-order valence-electron chi connectivity index (χ3n) is 3.84. The first-order valence-electron chi connectivity index (χ1n) is 7.98. The van der Waals surface area contributed by atoms with Crippen molar-refractivity contribution in [2.75, 3.05) is 5.32 Å². The second-order valence-corrected chi connectivity index (χ2v) is 8.82. The van der Waals surface area contributed by atoms with Gasteiger partial charge in [0, 0.05) is 22.2 Å². The van der Waals surface area contributed by atoms with Crippen LogP contribution in [0.2, 0.25) is 8.67 Å². The zero-order chi connectivity index (χ0) is 18.8. The van der Waals surface area contributed by atoms with Crippen molar-refractivity contribution in [1.29, 1.82) is 0 Å². The molecule has 0 aliphatic rings. The van der Waals surface area contributed by atoms with Crippen LogP contribution in [0.5, 0.6) is 0 Å². The molecule has 3 nitrogen and oxygen atoms in total. The number of benzene rings is 2. The number of thiophene rings is 1. The molecule has 2 aromatic carbocycles. The molecule has 0 saturated carbocycles. The van der Waals surface area contributed by atoms with Crippen molar-refractivity contribution in [1.82, 2.24) is 4.98 Å². The summed E-state index contributed by atoms with van der Waals surface area (Å²) in [4.78, 5) is 17.1. The molecule has 0 aliphatic heterocycles. The average molecular weight is 431 g/mol. The van der Waals surface area contributed by atoms with Crippen LogP contribution in [-0.2, 0) is 0 Å². The number of anilines is 1. The number of rotatable bonds is 4. The Morgan fingerprint density at radius 1 is 0.963 bits per heavy atom. The van der Waals surface area contributed by atoms with Crippen molar-refractivity contribution >= 4 is 57.5 Å². The number of nitrogens with zero attached hydrogens (tertiary/aromatic N) is 1. The lowest BCUT2D eigenvalue weighted by atomic mass is 10.1. The van der Waals surface area contributed by atoms with E-state index in [9.17, 15) is 4.79 Å². The molecule has 27 heavy (non-hydrogen) atoms. The minimum Gasteiger partial charge on any atom is -0.322 e. The Morgan fingerprint density at radius 2 is 1.74 bits per heavy atom. The first kappa shape index (κ1) is 18.2. The lowest BCUT2D eigenvalue weighted by Crippen LogP contribution is -2.11. The third kappa shape index (κ3) is 4.06. The fourth-order valence-electron chi connectivity index (χ4n) is 2.57. The van der Waals surface area contributed by atoms with Crippen molar-refractivity contribution in [2.24, 2.45) is 0 Å². The standard InChI is InChI=1S/C20H12Cl2N2OS2/c21-17-10-15(18(22)27-17)19(25)23-14-8-4-7-13(9-14)16-11-26-20(24-16)12-5-2-1-3-6-12/h1-11H,(H,23,25). The highest BCUT2D eigenvalue weighted by atomic mass is 35.5. The Labute approximate surface area is 174 Å². The van der Waals surface area contributed by atoms with Gasteiger partial charge in [0.25, 0.3) is 5.91 Å². The largest absolute Gasteiger partial charge is 0.322 e. The van der Waals surface area contributed by atoms with E-state index in [0.29, 0.717) is 19.9 Å². The molecule has 2 heterocycles. The molecule has 4 rings (SSSR count). The van der Waals surface area contributed by atoms with Crippen LogP contribution in [0.25, 0.3) is 21.8 Å². The summed E-state index contributed by atoms with van der Waals surface area (Å²) in [6, 6.07) is 19.2. The van der Waals surface area contributed by atoms with Crippen LogP contribution in [0.4, 0.5) is 5.69 Å². The highest BCUT2D eigenvalue weighted by molar-refractivity contribution is 7.20. The maximum absolute atomic E-state index is 12.4. The topological polar surface area (TPSA) is 42.0 Å². The second kappa shape index (κ2) is 7.82. The summed E-state index contributed by atoms with van der Waals surface area (Å²) in [5.41, 5.74) is 3.93. The Hall–Kier alpha value is -2.18. The van der Waals surface area contributed by atoms with Gasteiger partial charge in [0.2, 0.25) is 0 Å². The molecular weight excluding hydrogens is 419 g/mol. The first-order chi connectivity index (χ1) is 13.1. The van der Waals surface area contributed by atoms with Gasteiger partial charge in [0.05, 0.1) is 15.6 Å². The van der Waals surface area contributed by atoms with Gasteiger partial charge in [0.1, 0.15) is 9.34 Å². The fraction of sp³-hybridized carbons (Fsp3) is 0. The summed E-state index contributed by atoms with van der Waals surface area (Å²) in [7, 11) is 0. The molecule has 2 aromatic heterocycles. The molecule has 0 bridgehead atoms. The van der Waals surface area contributed by atoms with Gasteiger partial charge in [-0.2, -0.15) is 0 Å². The van der Waals surface area contributed by atoms with E-state index in [1.807, 2.05) is 60.0 Å². The molecule has 1 amide bonds. The van der Waals surface area contributed by atoms with Crippen LogP contribution in [0.15, 0.2) is 66.0 Å². The van der Waals surface area contributed by atoms with E-state index in [1.165, 1.54) is 11.3 Å². The predicted molar refractivity (Wildman–Crippen MR) is 115 cm³/mol. The fourth-order valence-corrected chi connectivity index (χ4v) is 4.86. The monoisotopic (exact) mass is 430 g/mol. The molecule has 0 atom stereocenters. The molecule has 4 aromatic rings. The van der Waals surface area contributed by atoms with E-state index in [0.717, 1.165) is 21.8 Å². The van der Waals surface area contributed by atoms with Crippen molar-refractivity contribution in [3.63, 3.8) is 0 Å². The molecule has 0 spiro atoms. The van der Waals surface area contributed by atoms with E-state index in [1.54, 1.807) is 17.4 Å². The Morgan fingerprint density at radius 3 is 2.48 bits per heavy atom. The first-order valence-corrected chi connectivity index (χ1v) is 10.4. The van der Waals surface area contributed by atoms with Gasteiger partial charge in [-0.05, 0) is 18.2 Å². The number of nitrogens with one attached hydrogen (secondary N) is 1. The number of hydrogen-bond donors (Lipinski definition) is 1. The molecule has 0 unspecified atom stereocenters. The summed E-state index contributed by atoms with van der Waals surface area (Å²) in [5.74, 6) is -0.288. The smallest absolute Gasteiger partial charge is 0.258 e. The summed E-state index contributed by atoms with van der Waals surface area (Å²) in [6.07, 6.45) is 0. The second-order valence-electron chi connectivity index (χ2n) is 5.68. The van der Waals surface area contributed by atoms with Gasteiger partial charge in [-0.15, -0.1) is 22.7 Å². The van der Waals surface area contributed by atoms with Gasteiger partial charge in [-0.1, -0.05) is 65.7 Å². The highest BCUT2D eigenvalue weighted by Gasteiger charge is 2.15. The Kier molecular flexibility index (Phi) is 5.27. The zero-order valence-electron chi connectivity index (χ0n) is 13.8. The molecule has 0 saturated heterocycles. The maximum Gasteiger partial charge on any atom is 0.258 e. The lowest BCUT2D eigenvalue weighted by molar-refractivity contribution is 0.102. The molecule has 0 radical (unpaired) electrons. The number of carbonyl (C=O) groups excluding carboxylic acids is 1. The number of carbonyl (C=O) groups is 1. The maximum atomic E-state index is 12.4. The van der Waals surface area contributed by atoms with E-state index in [-0.39, 0.29) is 5.91 Å². The summed E-state index contributed by atoms with van der Waals surface area (Å²) >= 11 is 14.7. The molecule has 134 valence electrons. The van der Waals surface area contributed by atoms with E-state index in [2.05, 4.69) is 5.32 Å². The van der Waals surface area contributed by atoms with Crippen LogP contribution >= 0.6 is 45.9 Å². The zero-order valence-corrected chi connectivity index (χ0v) is 16.9. The molecular formula is C20H12Cl2N2OS2. The minimum absolute atomic E-state index is 0.288. The lowest BCUT2D eigenvalue weighted by Gasteiger charge is -2.06. The average Bonchev–Trinajstić information content (AvgIpc) is 3.29. The quantitative estimate of drug-likeness (QED) is 0.375. The van der Waals surface area contributed by atoms with E-state index < -0.39 is 0 Å². The summed E-state index contributed by atoms with van der Waals surface area (Å²) in [6.45, 7) is 0. The van der Waals surface area contributed by atoms with Gasteiger partial charge < -0.3 is 5.32 Å². The normalized spacial score (nSPS) is 10.7. The van der Waals surface area contributed by atoms with Gasteiger partial charge in [-0.3, -0.25) is 4.79 Å². The van der Waals surface area contributed by atoms with E-state index >= 15 is 0 Å². The van der Waals surface area contributed by atoms with E-state index in [4.69, 9.17) is 28.2 Å². The third-order valence-corrected chi connectivity index (χ3v) is 6.22. The van der Waals surface area contributed by atoms with Crippen LogP contribution in [0, 0.1) is 0 Å². The van der Waals surface area contributed by atoms with Crippen molar-refractivity contribution in [3.05, 3.63) is 80.3 Å². The Balaban J connectivity index is 1.57. The number of hydrogen-bond acceptors (Lipinski definition) is 4. The van der Waals surface area contributed by atoms with Crippen LogP contribution in [0.1, 0.15) is 10.4 Å². The number of amides is 1. The SMILES string of the molecule is O=C(Nc1cccc(-c2csc(-c3ccccc3)n2)c1)c1cc(Cl)sc1Cl. The number of halogens is 2. The van der Waals surface area contributed by atoms with Crippen molar-refractivity contribution < 1.29 is 4.79 Å². The van der Waals surface area contributed by atoms with Crippen LogP contribution in [-0.4, -0.2) is 10.9 Å². The molecule has 0 fully saturated rings. The van der Waals surface area contributed by atoms with Gasteiger partial charge in [-0.25, -0.2) is 4.98 Å². The molecule has 1 N–H and O–H groups in total. The minimum atomic E-state index is -0.288. The van der Waals surface area contributed by atoms with Gasteiger partial charge in [0.15, 0.2) is 0 Å². The summed E-state index contributed by atoms with van der Waals surface area (Å²) < 4.78 is 0.857. The highest BCUT2D eigenvalue weighted by Crippen LogP contribution is 2.32. The van der Waals surface area contributed by atoms with Gasteiger partial charge >= 0.3 is 0 Å². The Bertz CT molecular complexity index is 1110. The molecule has 0 aliphatic carbocycles. The van der Waals surface area contributed by atoms with Crippen molar-refractivity contribution in [3.8, 4) is 21.8 Å². The van der Waals surface area contributed by atoms with Crippen molar-refractivity contribution in [2.45, 2.75) is 0 Å².